The first-order chi connectivity index (χ1) is 9.12. The Balaban J connectivity index is 2.53. The number of carbonyl (C=O) groups is 1. The highest BCUT2D eigenvalue weighted by Crippen LogP contribution is 2.41. The van der Waals surface area contributed by atoms with Crippen LogP contribution in [0.2, 0.25) is 0 Å². The highest BCUT2D eigenvalue weighted by Gasteiger charge is 2.61. The number of rotatable bonds is 2. The zero-order valence-corrected chi connectivity index (χ0v) is 9.64. The standard InChI is InChI=1S/C12H7F6NO/c13-11(14,15)10(12(16,17)18)9(20)7-5-19-8-4-2-1-3-6(7)8/h1-5,10,19H. The zero-order chi connectivity index (χ0) is 15.1. The lowest BCUT2D eigenvalue weighted by Gasteiger charge is -2.21. The maximum Gasteiger partial charge on any atom is 0.407 e. The van der Waals surface area contributed by atoms with Gasteiger partial charge in [-0.2, -0.15) is 26.3 Å². The Bertz CT molecular complexity index is 625. The Morgan fingerprint density at radius 1 is 1.00 bits per heavy atom. The number of Topliss-reactive ketones (excluding diaryl/α,β-unsaturated/α-hetero) is 1. The molecule has 0 aliphatic heterocycles. The van der Waals surface area contributed by atoms with Crippen LogP contribution in [-0.4, -0.2) is 23.1 Å². The van der Waals surface area contributed by atoms with E-state index in [1.807, 2.05) is 0 Å². The Morgan fingerprint density at radius 3 is 2.10 bits per heavy atom. The molecule has 1 aromatic carbocycles. The number of alkyl halides is 6. The molecule has 20 heavy (non-hydrogen) atoms. The van der Waals surface area contributed by atoms with E-state index in [9.17, 15) is 31.1 Å². The first-order valence-corrected chi connectivity index (χ1v) is 5.36. The number of aromatic nitrogens is 1. The smallest absolute Gasteiger partial charge is 0.360 e. The third kappa shape index (κ3) is 2.50. The van der Waals surface area contributed by atoms with Gasteiger partial charge in [-0.25, -0.2) is 0 Å². The summed E-state index contributed by atoms with van der Waals surface area (Å²) in [6.45, 7) is 0. The molecule has 1 aromatic heterocycles. The van der Waals surface area contributed by atoms with Crippen LogP contribution >= 0.6 is 0 Å². The van der Waals surface area contributed by atoms with Crippen molar-refractivity contribution in [2.24, 2.45) is 5.92 Å². The van der Waals surface area contributed by atoms with Crippen molar-refractivity contribution in [2.75, 3.05) is 0 Å². The molecular weight excluding hydrogens is 288 g/mol. The van der Waals surface area contributed by atoms with Crippen LogP contribution in [0.3, 0.4) is 0 Å². The molecule has 0 fully saturated rings. The fraction of sp³-hybridized carbons (Fsp3) is 0.250. The minimum atomic E-state index is -5.69. The molecule has 0 spiro atoms. The van der Waals surface area contributed by atoms with E-state index in [0.29, 0.717) is 5.52 Å². The number of benzene rings is 1. The van der Waals surface area contributed by atoms with Gasteiger partial charge in [-0.3, -0.25) is 4.79 Å². The SMILES string of the molecule is O=C(c1c[nH]c2ccccc12)C(C(F)(F)F)C(F)(F)F. The van der Waals surface area contributed by atoms with Gasteiger partial charge >= 0.3 is 12.4 Å². The van der Waals surface area contributed by atoms with E-state index in [2.05, 4.69) is 4.98 Å². The van der Waals surface area contributed by atoms with Gasteiger partial charge in [-0.05, 0) is 6.07 Å². The number of hydrogen-bond acceptors (Lipinski definition) is 1. The number of para-hydroxylation sites is 1. The van der Waals surface area contributed by atoms with Gasteiger partial charge in [0.1, 0.15) is 0 Å². The number of aromatic amines is 1. The van der Waals surface area contributed by atoms with Crippen LogP contribution in [0.15, 0.2) is 30.5 Å². The minimum Gasteiger partial charge on any atom is -0.360 e. The van der Waals surface area contributed by atoms with Gasteiger partial charge in [0.25, 0.3) is 0 Å². The topological polar surface area (TPSA) is 32.9 Å². The maximum absolute atomic E-state index is 12.5. The molecular formula is C12H7F6NO. The lowest BCUT2D eigenvalue weighted by Crippen LogP contribution is -2.42. The fourth-order valence-corrected chi connectivity index (χ4v) is 1.91. The quantitative estimate of drug-likeness (QED) is 0.657. The molecule has 8 heteroatoms. The number of ketones is 1. The first-order valence-electron chi connectivity index (χ1n) is 5.36. The van der Waals surface area contributed by atoms with Crippen molar-refractivity contribution in [3.63, 3.8) is 0 Å². The zero-order valence-electron chi connectivity index (χ0n) is 9.64. The molecule has 1 N–H and O–H groups in total. The van der Waals surface area contributed by atoms with Crippen LogP contribution in [-0.2, 0) is 0 Å². The Kier molecular flexibility index (Phi) is 3.27. The molecule has 0 aliphatic rings. The van der Waals surface area contributed by atoms with E-state index in [1.165, 1.54) is 24.3 Å². The van der Waals surface area contributed by atoms with E-state index in [4.69, 9.17) is 0 Å². The number of hydrogen-bond donors (Lipinski definition) is 1. The van der Waals surface area contributed by atoms with Crippen molar-refractivity contribution in [2.45, 2.75) is 12.4 Å². The van der Waals surface area contributed by atoms with E-state index < -0.39 is 29.6 Å². The summed E-state index contributed by atoms with van der Waals surface area (Å²) in [6.07, 6.45) is -10.5. The van der Waals surface area contributed by atoms with Gasteiger partial charge in [-0.15, -0.1) is 0 Å². The van der Waals surface area contributed by atoms with Gasteiger partial charge in [0, 0.05) is 22.7 Å². The van der Waals surface area contributed by atoms with Crippen molar-refractivity contribution < 1.29 is 31.1 Å². The molecule has 1 heterocycles. The van der Waals surface area contributed by atoms with E-state index in [0.717, 1.165) is 6.20 Å². The summed E-state index contributed by atoms with van der Waals surface area (Å²) in [5, 5.41) is 0.0241. The Labute approximate surface area is 108 Å². The van der Waals surface area contributed by atoms with Crippen molar-refractivity contribution in [3.8, 4) is 0 Å². The lowest BCUT2D eigenvalue weighted by atomic mass is 9.96. The number of fused-ring (bicyclic) bond motifs is 1. The van der Waals surface area contributed by atoms with Gasteiger partial charge < -0.3 is 4.98 Å². The second-order valence-corrected chi connectivity index (χ2v) is 4.13. The van der Waals surface area contributed by atoms with Crippen molar-refractivity contribution in [1.29, 1.82) is 0 Å². The molecule has 0 amide bonds. The van der Waals surface area contributed by atoms with Gasteiger partial charge in [0.2, 0.25) is 5.92 Å². The van der Waals surface area contributed by atoms with E-state index in [1.54, 1.807) is 0 Å². The normalized spacial score (nSPS) is 13.2. The van der Waals surface area contributed by atoms with Gasteiger partial charge in [0.05, 0.1) is 0 Å². The molecule has 0 saturated heterocycles. The Hall–Kier alpha value is -1.99. The van der Waals surface area contributed by atoms with E-state index in [-0.39, 0.29) is 5.39 Å². The Morgan fingerprint density at radius 2 is 1.55 bits per heavy atom. The molecule has 2 rings (SSSR count). The maximum atomic E-state index is 12.5. The van der Waals surface area contributed by atoms with Crippen LogP contribution in [0.25, 0.3) is 10.9 Å². The first kappa shape index (κ1) is 14.4. The third-order valence-corrected chi connectivity index (χ3v) is 2.77. The summed E-state index contributed by atoms with van der Waals surface area (Å²) in [4.78, 5) is 14.1. The van der Waals surface area contributed by atoms with Crippen LogP contribution in [0.4, 0.5) is 26.3 Å². The van der Waals surface area contributed by atoms with E-state index >= 15 is 0 Å². The molecule has 0 radical (unpaired) electrons. The average Bonchev–Trinajstić information content (AvgIpc) is 2.68. The third-order valence-electron chi connectivity index (χ3n) is 2.77. The predicted molar refractivity (Wildman–Crippen MR) is 58.2 cm³/mol. The van der Waals surface area contributed by atoms with Crippen molar-refractivity contribution in [1.82, 2.24) is 4.98 Å². The fourth-order valence-electron chi connectivity index (χ4n) is 1.91. The largest absolute Gasteiger partial charge is 0.407 e. The number of halogens is 6. The summed E-state index contributed by atoms with van der Waals surface area (Å²) >= 11 is 0. The monoisotopic (exact) mass is 295 g/mol. The summed E-state index contributed by atoms with van der Waals surface area (Å²) in [7, 11) is 0. The van der Waals surface area contributed by atoms with Crippen LogP contribution in [0.1, 0.15) is 10.4 Å². The second kappa shape index (κ2) is 4.53. The van der Waals surface area contributed by atoms with Crippen LogP contribution in [0, 0.1) is 5.92 Å². The van der Waals surface area contributed by atoms with Gasteiger partial charge in [0.15, 0.2) is 5.78 Å². The minimum absolute atomic E-state index is 0.0241. The number of nitrogens with one attached hydrogen (secondary N) is 1. The highest BCUT2D eigenvalue weighted by molar-refractivity contribution is 6.09. The molecule has 0 atom stereocenters. The predicted octanol–water partition coefficient (Wildman–Crippen LogP) is 4.09. The molecule has 0 bridgehead atoms. The molecule has 0 saturated carbocycles. The van der Waals surface area contributed by atoms with Gasteiger partial charge in [-0.1, -0.05) is 18.2 Å². The van der Waals surface area contributed by atoms with Crippen LogP contribution < -0.4 is 0 Å². The average molecular weight is 295 g/mol. The molecule has 2 aromatic rings. The molecule has 0 aliphatic carbocycles. The van der Waals surface area contributed by atoms with Crippen molar-refractivity contribution in [3.05, 3.63) is 36.0 Å². The van der Waals surface area contributed by atoms with Crippen molar-refractivity contribution >= 4 is 16.7 Å². The second-order valence-electron chi connectivity index (χ2n) is 4.13. The molecule has 2 nitrogen and oxygen atoms in total. The number of H-pyrrole nitrogens is 1. The summed E-state index contributed by atoms with van der Waals surface area (Å²) in [5.74, 6) is -6.03. The molecule has 108 valence electrons. The van der Waals surface area contributed by atoms with Crippen LogP contribution in [0.5, 0.6) is 0 Å². The summed E-state index contributed by atoms with van der Waals surface area (Å²) in [5.41, 5.74) is -0.334. The summed E-state index contributed by atoms with van der Waals surface area (Å²) in [6, 6.07) is 5.69. The lowest BCUT2D eigenvalue weighted by molar-refractivity contribution is -0.264. The summed E-state index contributed by atoms with van der Waals surface area (Å²) < 4.78 is 75.0. The highest BCUT2D eigenvalue weighted by atomic mass is 19.4. The number of carbonyl (C=O) groups excluding carboxylic acids is 1. The molecule has 0 unspecified atom stereocenters.